The third kappa shape index (κ3) is 25.3. The molecular formula is C16H16Na4O16S4. The van der Waals surface area contributed by atoms with Gasteiger partial charge in [0.1, 0.15) is 20.2 Å². The van der Waals surface area contributed by atoms with Crippen molar-refractivity contribution in [3.8, 4) is 0 Å². The van der Waals surface area contributed by atoms with E-state index in [4.69, 9.17) is 25.3 Å². The Hall–Kier alpha value is 0.760. The Balaban J connectivity index is -0.0000000692. The SMILES string of the molecule is O=Cc1ccccc1C=O.O=S(=O)([O-])C(O)c1ccccc1C(O)S(=O)(=O)[O-].O=S(=O)=O.O=S(=O)=O.[H-].[H-].[Na+].[Na+].[Na+].[Na+]. The summed E-state index contributed by atoms with van der Waals surface area (Å²) in [6.45, 7) is 0. The van der Waals surface area contributed by atoms with E-state index in [1.165, 1.54) is 12.1 Å². The fourth-order valence-electron chi connectivity index (χ4n) is 2.00. The number of aldehydes is 2. The zero-order valence-corrected chi connectivity index (χ0v) is 32.4. The van der Waals surface area contributed by atoms with Crippen molar-refractivity contribution in [3.05, 3.63) is 70.8 Å². The summed E-state index contributed by atoms with van der Waals surface area (Å²) in [6, 6.07) is 10.9. The number of carbonyl (C=O) groups excluding carboxylic acids is 2. The average Bonchev–Trinajstić information content (AvgIpc) is 2.76. The van der Waals surface area contributed by atoms with Gasteiger partial charge in [-0.2, -0.15) is 0 Å². The molecule has 0 aromatic heterocycles. The van der Waals surface area contributed by atoms with Gasteiger partial charge in [0.2, 0.25) is 0 Å². The van der Waals surface area contributed by atoms with Crippen LogP contribution in [0.3, 0.4) is 0 Å². The quantitative estimate of drug-likeness (QED) is 0.162. The van der Waals surface area contributed by atoms with Crippen LogP contribution in [0.1, 0.15) is 45.6 Å². The molecular weight excluding hydrogens is 668 g/mol. The van der Waals surface area contributed by atoms with Gasteiger partial charge in [-0.1, -0.05) is 48.5 Å². The van der Waals surface area contributed by atoms with Gasteiger partial charge >= 0.3 is 139 Å². The van der Waals surface area contributed by atoms with Crippen LogP contribution in [0.15, 0.2) is 48.5 Å². The Morgan fingerprint density at radius 2 is 0.800 bits per heavy atom. The van der Waals surface area contributed by atoms with E-state index >= 15 is 0 Å². The molecule has 0 aliphatic rings. The molecule has 0 radical (unpaired) electrons. The molecule has 0 bridgehead atoms. The van der Waals surface area contributed by atoms with E-state index in [1.807, 2.05) is 0 Å². The molecule has 2 rings (SSSR count). The predicted octanol–water partition coefficient (Wildman–Crippen LogP) is -13.7. The van der Waals surface area contributed by atoms with Crippen LogP contribution in [0.4, 0.5) is 0 Å². The maximum Gasteiger partial charge on any atom is 1.00 e. The first-order valence-electron chi connectivity index (χ1n) is 8.27. The third-order valence-corrected chi connectivity index (χ3v) is 4.93. The van der Waals surface area contributed by atoms with Gasteiger partial charge in [0.25, 0.3) is 0 Å². The van der Waals surface area contributed by atoms with Crippen LogP contribution < -0.4 is 118 Å². The van der Waals surface area contributed by atoms with E-state index in [9.17, 15) is 45.7 Å². The van der Waals surface area contributed by atoms with Crippen molar-refractivity contribution in [2.45, 2.75) is 10.9 Å². The summed E-state index contributed by atoms with van der Waals surface area (Å²) in [6.07, 6.45) is 1.34. The minimum atomic E-state index is -5.16. The van der Waals surface area contributed by atoms with Crippen LogP contribution in [0.5, 0.6) is 0 Å². The fraction of sp³-hybridized carbons (Fsp3) is 0.125. The summed E-state index contributed by atoms with van der Waals surface area (Å²) in [4.78, 5) is 20.5. The van der Waals surface area contributed by atoms with Crippen LogP contribution in [0, 0.1) is 0 Å². The standard InChI is InChI=1S/C8H10O8S2.C8H6O2.4Na.2O3S.2H/c9-7(17(11,12)13)5-3-1-2-4-6(5)8(10)18(14,15)16;9-5-7-3-1-2-4-8(7)6-10;;;;;2*1-4(2)3;;/h1-4,7-10H,(H,11,12,13)(H,14,15,16);1-6H;;;;;;;;/q;;4*+1;;;2*-1/p-2. The zero-order chi connectivity index (χ0) is 28.7. The van der Waals surface area contributed by atoms with E-state index in [1.54, 1.807) is 24.3 Å². The molecule has 2 atom stereocenters. The molecule has 0 aliphatic heterocycles. The number of hydrogen-bond donors (Lipinski definition) is 2. The van der Waals surface area contributed by atoms with Crippen molar-refractivity contribution >= 4 is 54.0 Å². The molecule has 2 aromatic carbocycles. The largest absolute Gasteiger partial charge is 1.00 e. The topological polar surface area (TPSA) is 291 Å². The molecule has 2 N–H and O–H groups in total. The second-order valence-electron chi connectivity index (χ2n) is 5.59. The minimum Gasteiger partial charge on any atom is -1.00 e. The summed E-state index contributed by atoms with van der Waals surface area (Å²) < 4.78 is 115. The van der Waals surface area contributed by atoms with Gasteiger partial charge in [-0.25, -0.2) is 16.8 Å². The van der Waals surface area contributed by atoms with Crippen molar-refractivity contribution in [3.63, 3.8) is 0 Å². The molecule has 0 amide bonds. The van der Waals surface area contributed by atoms with Crippen molar-refractivity contribution < 1.29 is 192 Å². The Labute approximate surface area is 323 Å². The maximum atomic E-state index is 10.6. The molecule has 24 heteroatoms. The van der Waals surface area contributed by atoms with Crippen LogP contribution >= 0.6 is 0 Å². The van der Waals surface area contributed by atoms with Crippen molar-refractivity contribution in [1.82, 2.24) is 0 Å². The van der Waals surface area contributed by atoms with Gasteiger partial charge in [-0.3, -0.25) is 9.59 Å². The van der Waals surface area contributed by atoms with Crippen LogP contribution in [0.25, 0.3) is 0 Å². The Kier molecular flexibility index (Phi) is 36.4. The van der Waals surface area contributed by atoms with E-state index in [-0.39, 0.29) is 121 Å². The van der Waals surface area contributed by atoms with Gasteiger partial charge in [-0.05, 0) is 0 Å². The number of benzene rings is 2. The average molecular weight is 685 g/mol. The van der Waals surface area contributed by atoms with E-state index in [0.29, 0.717) is 23.7 Å². The second kappa shape index (κ2) is 27.3. The van der Waals surface area contributed by atoms with Crippen molar-refractivity contribution in [2.24, 2.45) is 0 Å². The zero-order valence-electron chi connectivity index (χ0n) is 23.2. The maximum absolute atomic E-state index is 10.6. The van der Waals surface area contributed by atoms with Crippen LogP contribution in [-0.4, -0.2) is 74.0 Å². The number of hydrogen-bond acceptors (Lipinski definition) is 16. The summed E-state index contributed by atoms with van der Waals surface area (Å²) >= 11 is 0. The summed E-state index contributed by atoms with van der Waals surface area (Å²) in [7, 11) is -16.5. The van der Waals surface area contributed by atoms with Crippen molar-refractivity contribution in [1.29, 1.82) is 0 Å². The second-order valence-corrected chi connectivity index (χ2v) is 9.27. The van der Waals surface area contributed by atoms with Crippen LogP contribution in [0.2, 0.25) is 0 Å². The number of rotatable bonds is 6. The van der Waals surface area contributed by atoms with Gasteiger partial charge in [0.05, 0.1) is 0 Å². The molecule has 0 fully saturated rings. The van der Waals surface area contributed by atoms with E-state index < -0.39 is 63.5 Å². The molecule has 0 saturated heterocycles. The van der Waals surface area contributed by atoms with Gasteiger partial charge in [0, 0.05) is 22.3 Å². The van der Waals surface area contributed by atoms with Gasteiger partial charge in [-0.15, -0.1) is 25.3 Å². The fourth-order valence-corrected chi connectivity index (χ4v) is 3.05. The Morgan fingerprint density at radius 1 is 0.600 bits per heavy atom. The third-order valence-electron chi connectivity index (χ3n) is 3.32. The Morgan fingerprint density at radius 3 is 0.975 bits per heavy atom. The van der Waals surface area contributed by atoms with Crippen LogP contribution in [-0.2, 0) is 41.5 Å². The van der Waals surface area contributed by atoms with E-state index in [2.05, 4.69) is 0 Å². The minimum absolute atomic E-state index is 0. The molecule has 0 aliphatic carbocycles. The monoisotopic (exact) mass is 684 g/mol. The Bertz CT molecular complexity index is 1370. The normalized spacial score (nSPS) is 10.7. The summed E-state index contributed by atoms with van der Waals surface area (Å²) in [5.41, 5.74) is -5.55. The smallest absolute Gasteiger partial charge is 1.00 e. The first kappa shape index (κ1) is 53.3. The summed E-state index contributed by atoms with van der Waals surface area (Å²) in [5.74, 6) is 0. The first-order valence-corrected chi connectivity index (χ1v) is 13.2. The molecule has 0 spiro atoms. The van der Waals surface area contributed by atoms with E-state index in [0.717, 1.165) is 12.1 Å². The molecule has 2 aromatic rings. The van der Waals surface area contributed by atoms with Gasteiger partial charge < -0.3 is 22.2 Å². The number of aliphatic hydroxyl groups excluding tert-OH is 2. The molecule has 204 valence electrons. The molecule has 40 heavy (non-hydrogen) atoms. The number of carbonyl (C=O) groups is 2. The molecule has 16 nitrogen and oxygen atoms in total. The van der Waals surface area contributed by atoms with Gasteiger partial charge in [0.15, 0.2) is 23.4 Å². The molecule has 0 heterocycles. The number of aliphatic hydroxyl groups is 2. The summed E-state index contributed by atoms with van der Waals surface area (Å²) in [5, 5.41) is 18.5. The molecule has 0 saturated carbocycles. The predicted molar refractivity (Wildman–Crippen MR) is 115 cm³/mol. The first-order chi connectivity index (χ1) is 16.4. The van der Waals surface area contributed by atoms with Crippen molar-refractivity contribution in [2.75, 3.05) is 0 Å². The molecule has 2 unspecified atom stereocenters.